The maximum atomic E-state index is 13.0. The molecule has 0 bridgehead atoms. The van der Waals surface area contributed by atoms with Crippen molar-refractivity contribution in [3.63, 3.8) is 0 Å². The number of nitrogens with zero attached hydrogens (tertiary/aromatic N) is 1. The highest BCUT2D eigenvalue weighted by Crippen LogP contribution is 2.32. The zero-order valence-electron chi connectivity index (χ0n) is 16.6. The molecule has 0 fully saturated rings. The van der Waals surface area contributed by atoms with Gasteiger partial charge in [0.05, 0.1) is 16.4 Å². The van der Waals surface area contributed by atoms with Crippen LogP contribution in [0.3, 0.4) is 0 Å². The summed E-state index contributed by atoms with van der Waals surface area (Å²) in [5.74, 6) is -2.60. The van der Waals surface area contributed by atoms with E-state index in [1.807, 2.05) is 13.8 Å². The molecule has 0 aliphatic rings. The highest BCUT2D eigenvalue weighted by atomic mass is 16.4. The van der Waals surface area contributed by atoms with Gasteiger partial charge in [-0.1, -0.05) is 20.3 Å². The first-order chi connectivity index (χ1) is 13.6. The Bertz CT molecular complexity index is 1300. The molecule has 3 N–H and O–H groups in total. The van der Waals surface area contributed by atoms with Crippen molar-refractivity contribution in [1.82, 2.24) is 9.55 Å². The lowest BCUT2D eigenvalue weighted by Crippen LogP contribution is -2.22. The normalized spacial score (nSPS) is 12.4. The van der Waals surface area contributed by atoms with Crippen LogP contribution in [0.2, 0.25) is 0 Å². The van der Waals surface area contributed by atoms with Gasteiger partial charge in [0.15, 0.2) is 10.9 Å². The van der Waals surface area contributed by atoms with Crippen molar-refractivity contribution in [2.75, 3.05) is 0 Å². The number of hydrogen-bond donors (Lipinski definition) is 3. The third kappa shape index (κ3) is 3.10. The van der Waals surface area contributed by atoms with Crippen LogP contribution in [0, 0.1) is 6.92 Å². The van der Waals surface area contributed by atoms with Crippen LogP contribution in [0.25, 0.3) is 21.8 Å². The van der Waals surface area contributed by atoms with E-state index in [9.17, 15) is 29.4 Å². The highest BCUT2D eigenvalue weighted by Gasteiger charge is 2.24. The zero-order chi connectivity index (χ0) is 21.6. The molecule has 3 rings (SSSR count). The number of pyridine rings is 2. The number of aromatic carboxylic acids is 2. The van der Waals surface area contributed by atoms with E-state index in [-0.39, 0.29) is 39.2 Å². The van der Waals surface area contributed by atoms with Gasteiger partial charge in [-0.2, -0.15) is 0 Å². The number of carboxylic acids is 2. The maximum Gasteiger partial charge on any atom is 0.352 e. The fourth-order valence-corrected chi connectivity index (χ4v) is 4.03. The third-order valence-corrected chi connectivity index (χ3v) is 5.41. The van der Waals surface area contributed by atoms with Crippen molar-refractivity contribution >= 4 is 33.7 Å². The molecule has 0 amide bonds. The van der Waals surface area contributed by atoms with Crippen molar-refractivity contribution < 1.29 is 19.8 Å². The number of H-pyrrole nitrogens is 1. The fraction of sp³-hybridized carbons (Fsp3) is 0.333. The van der Waals surface area contributed by atoms with Gasteiger partial charge in [-0.3, -0.25) is 9.59 Å². The minimum Gasteiger partial charge on any atom is -0.477 e. The van der Waals surface area contributed by atoms with Gasteiger partial charge in [-0.25, -0.2) is 9.59 Å². The zero-order valence-corrected chi connectivity index (χ0v) is 16.6. The van der Waals surface area contributed by atoms with E-state index in [0.29, 0.717) is 11.1 Å². The minimum absolute atomic E-state index is 0.0456. The Hall–Kier alpha value is -3.42. The van der Waals surface area contributed by atoms with E-state index in [1.165, 1.54) is 18.5 Å². The first kappa shape index (κ1) is 20.3. The van der Waals surface area contributed by atoms with Crippen LogP contribution in [-0.2, 0) is 7.05 Å². The van der Waals surface area contributed by atoms with Crippen molar-refractivity contribution in [1.29, 1.82) is 0 Å². The molecule has 8 heteroatoms. The van der Waals surface area contributed by atoms with Crippen LogP contribution in [0.15, 0.2) is 21.7 Å². The molecule has 0 radical (unpaired) electrons. The van der Waals surface area contributed by atoms with Crippen LogP contribution < -0.4 is 10.9 Å². The van der Waals surface area contributed by atoms with Crippen LogP contribution in [0.4, 0.5) is 0 Å². The number of carbonyl (C=O) groups is 2. The number of benzene rings is 1. The Balaban J connectivity index is 2.68. The molecule has 2 aromatic heterocycles. The monoisotopic (exact) mass is 398 g/mol. The second kappa shape index (κ2) is 7.20. The molecule has 1 atom stereocenters. The number of fused-ring (bicyclic) bond motifs is 3. The lowest BCUT2D eigenvalue weighted by molar-refractivity contribution is 0.0677. The molecule has 29 heavy (non-hydrogen) atoms. The predicted octanol–water partition coefficient (Wildman–Crippen LogP) is 2.99. The number of rotatable bonds is 5. The van der Waals surface area contributed by atoms with Crippen molar-refractivity contribution in [3.8, 4) is 0 Å². The first-order valence-electron chi connectivity index (χ1n) is 9.29. The number of carboxylic acid groups (broad SMARTS) is 2. The van der Waals surface area contributed by atoms with E-state index in [2.05, 4.69) is 4.98 Å². The Morgan fingerprint density at radius 3 is 2.38 bits per heavy atom. The summed E-state index contributed by atoms with van der Waals surface area (Å²) in [6.07, 6.45) is 1.63. The Kier molecular flexibility index (Phi) is 5.04. The molecule has 0 spiro atoms. The van der Waals surface area contributed by atoms with Gasteiger partial charge in [0.25, 0.3) is 0 Å². The Labute approximate surface area is 165 Å². The molecule has 0 saturated heterocycles. The van der Waals surface area contributed by atoms with Gasteiger partial charge < -0.3 is 19.8 Å². The molecule has 1 unspecified atom stereocenters. The van der Waals surface area contributed by atoms with Crippen molar-refractivity contribution in [2.24, 2.45) is 7.05 Å². The number of hydrogen-bond acceptors (Lipinski definition) is 4. The van der Waals surface area contributed by atoms with Gasteiger partial charge in [-0.05, 0) is 30.9 Å². The fourth-order valence-electron chi connectivity index (χ4n) is 4.03. The molecular formula is C21H22N2O6. The summed E-state index contributed by atoms with van der Waals surface area (Å²) >= 11 is 0. The van der Waals surface area contributed by atoms with Gasteiger partial charge in [0.2, 0.25) is 0 Å². The van der Waals surface area contributed by atoms with Crippen LogP contribution >= 0.6 is 0 Å². The standard InChI is InChI=1S/C21H22N2O6/c1-5-6-9(2)11-7-12-18(23(4)17(21(28)29)10(3)19(12)25)15-14(24)8-13(20(26)27)22-16(11)15/h7-9H,5-6H2,1-4H3,(H,22,24)(H,26,27)(H,28,29). The largest absolute Gasteiger partial charge is 0.477 e. The predicted molar refractivity (Wildman–Crippen MR) is 109 cm³/mol. The summed E-state index contributed by atoms with van der Waals surface area (Å²) in [6.45, 7) is 5.40. The van der Waals surface area contributed by atoms with Gasteiger partial charge in [0.1, 0.15) is 11.4 Å². The average molecular weight is 398 g/mol. The summed E-state index contributed by atoms with van der Waals surface area (Å²) in [5.41, 5.74) is -0.265. The smallest absolute Gasteiger partial charge is 0.352 e. The Morgan fingerprint density at radius 1 is 1.17 bits per heavy atom. The minimum atomic E-state index is -1.28. The van der Waals surface area contributed by atoms with E-state index < -0.39 is 22.8 Å². The molecular weight excluding hydrogens is 376 g/mol. The van der Waals surface area contributed by atoms with Crippen molar-refractivity contribution in [3.05, 3.63) is 55.1 Å². The molecule has 1 aromatic carbocycles. The number of nitrogens with one attached hydrogen (secondary N) is 1. The van der Waals surface area contributed by atoms with E-state index in [0.717, 1.165) is 18.9 Å². The molecule has 0 saturated carbocycles. The molecule has 3 aromatic rings. The third-order valence-electron chi connectivity index (χ3n) is 5.41. The van der Waals surface area contributed by atoms with Crippen LogP contribution in [0.1, 0.15) is 64.7 Å². The topological polar surface area (TPSA) is 129 Å². The van der Waals surface area contributed by atoms with E-state index in [4.69, 9.17) is 0 Å². The molecule has 2 heterocycles. The molecule has 0 aliphatic carbocycles. The number of aryl methyl sites for hydroxylation is 1. The first-order valence-corrected chi connectivity index (χ1v) is 9.29. The second-order valence-corrected chi connectivity index (χ2v) is 7.32. The molecule has 8 nitrogen and oxygen atoms in total. The SMILES string of the molecule is CCCC(C)c1cc2c(=O)c(C)c(C(=O)O)n(C)c2c2c(=O)cc(C(=O)O)[nH]c12. The summed E-state index contributed by atoms with van der Waals surface area (Å²) in [6, 6.07) is 2.61. The quantitative estimate of drug-likeness (QED) is 0.567. The van der Waals surface area contributed by atoms with Gasteiger partial charge >= 0.3 is 11.9 Å². The number of aromatic nitrogens is 2. The average Bonchev–Trinajstić information content (AvgIpc) is 2.64. The molecule has 152 valence electrons. The van der Waals surface area contributed by atoms with Gasteiger partial charge in [0, 0.05) is 24.1 Å². The Morgan fingerprint density at radius 2 is 1.83 bits per heavy atom. The lowest BCUT2D eigenvalue weighted by atomic mass is 9.91. The van der Waals surface area contributed by atoms with Gasteiger partial charge in [-0.15, -0.1) is 0 Å². The van der Waals surface area contributed by atoms with E-state index >= 15 is 0 Å². The second-order valence-electron chi connectivity index (χ2n) is 7.32. The van der Waals surface area contributed by atoms with Crippen LogP contribution in [0.5, 0.6) is 0 Å². The van der Waals surface area contributed by atoms with E-state index in [1.54, 1.807) is 6.07 Å². The lowest BCUT2D eigenvalue weighted by Gasteiger charge is -2.19. The van der Waals surface area contributed by atoms with Crippen molar-refractivity contribution in [2.45, 2.75) is 39.5 Å². The summed E-state index contributed by atoms with van der Waals surface area (Å²) in [4.78, 5) is 51.9. The summed E-state index contributed by atoms with van der Waals surface area (Å²) < 4.78 is 1.32. The number of aromatic amines is 1. The maximum absolute atomic E-state index is 13.0. The van der Waals surface area contributed by atoms with Crippen LogP contribution in [-0.4, -0.2) is 31.7 Å². The summed E-state index contributed by atoms with van der Waals surface area (Å²) in [5, 5.41) is 19.3. The molecule has 0 aliphatic heterocycles. The highest BCUT2D eigenvalue weighted by molar-refractivity contribution is 6.08. The summed E-state index contributed by atoms with van der Waals surface area (Å²) in [7, 11) is 1.48.